The summed E-state index contributed by atoms with van der Waals surface area (Å²) in [7, 11) is -4.05. The molecule has 0 radical (unpaired) electrons. The molecule has 0 aliphatic rings. The minimum atomic E-state index is -4.05. The van der Waals surface area contributed by atoms with Gasteiger partial charge in [-0.1, -0.05) is 0 Å². The Hall–Kier alpha value is -3.00. The van der Waals surface area contributed by atoms with Crippen molar-refractivity contribution in [2.75, 3.05) is 25.7 Å². The van der Waals surface area contributed by atoms with Gasteiger partial charge < -0.3 is 29.4 Å². The van der Waals surface area contributed by atoms with Crippen LogP contribution in [-0.2, 0) is 43.7 Å². The molecule has 0 bridgehead atoms. The molecule has 196 valence electrons. The van der Waals surface area contributed by atoms with E-state index in [0.717, 1.165) is 0 Å². The van der Waals surface area contributed by atoms with Crippen molar-refractivity contribution in [1.29, 1.82) is 0 Å². The summed E-state index contributed by atoms with van der Waals surface area (Å²) in [6, 6.07) is 0. The third kappa shape index (κ3) is 9.64. The first-order valence-electron chi connectivity index (χ1n) is 10.6. The first kappa shape index (κ1) is 28.2. The fourth-order valence-electron chi connectivity index (χ4n) is 2.48. The van der Waals surface area contributed by atoms with Crippen molar-refractivity contribution in [3.8, 4) is 0 Å². The van der Waals surface area contributed by atoms with Crippen molar-refractivity contribution in [2.24, 2.45) is 0 Å². The maximum absolute atomic E-state index is 13.1. The second-order valence-corrected chi connectivity index (χ2v) is 9.67. The quantitative estimate of drug-likeness (QED) is 0.231. The first-order chi connectivity index (χ1) is 16.5. The van der Waals surface area contributed by atoms with Gasteiger partial charge in [-0.15, -0.1) is 0 Å². The fraction of sp³-hybridized carbons (Fsp3) is 0.632. The number of rotatable bonds is 13. The molecule has 0 fully saturated rings. The van der Waals surface area contributed by atoms with E-state index in [1.807, 2.05) is 0 Å². The third-order valence-electron chi connectivity index (χ3n) is 3.94. The lowest BCUT2D eigenvalue weighted by Gasteiger charge is -2.20. The maximum atomic E-state index is 13.1. The predicted octanol–water partition coefficient (Wildman–Crippen LogP) is 2.88. The standard InChI is InChI=1S/C19H30N5O10P/c1-12(2)33-18(25)28-9-31-35(27,32-10-29-19(26)34-13(3)4)11-30-14(5)6-15-7-23-24-16(15)21-8-22-17(24)20/h7-8,12-14H,6,9-11H2,1-5H3,(H2,20,21,22). The summed E-state index contributed by atoms with van der Waals surface area (Å²) in [5, 5.41) is 4.12. The van der Waals surface area contributed by atoms with Gasteiger partial charge in [0.25, 0.3) is 0 Å². The second-order valence-electron chi connectivity index (χ2n) is 7.67. The molecule has 0 spiro atoms. The lowest BCUT2D eigenvalue weighted by Crippen LogP contribution is -2.19. The number of ether oxygens (including phenoxy) is 5. The average Bonchev–Trinajstić information content (AvgIpc) is 3.15. The number of nitrogens with two attached hydrogens (primary N) is 1. The zero-order valence-electron chi connectivity index (χ0n) is 20.1. The number of fused-ring (bicyclic) bond motifs is 1. The van der Waals surface area contributed by atoms with Gasteiger partial charge in [0, 0.05) is 12.0 Å². The number of carbonyl (C=O) groups excluding carboxylic acids is 2. The highest BCUT2D eigenvalue weighted by molar-refractivity contribution is 7.53. The van der Waals surface area contributed by atoms with Crippen LogP contribution in [0, 0.1) is 0 Å². The van der Waals surface area contributed by atoms with E-state index in [-0.39, 0.29) is 5.95 Å². The Kier molecular flexibility index (Phi) is 10.6. The molecule has 2 N–H and O–H groups in total. The van der Waals surface area contributed by atoms with E-state index in [1.165, 1.54) is 10.8 Å². The summed E-state index contributed by atoms with van der Waals surface area (Å²) in [5.41, 5.74) is 6.97. The molecule has 1 unspecified atom stereocenters. The van der Waals surface area contributed by atoms with E-state index in [9.17, 15) is 14.2 Å². The molecular formula is C19H30N5O10P. The van der Waals surface area contributed by atoms with Crippen molar-refractivity contribution in [2.45, 2.75) is 59.4 Å². The molecule has 2 rings (SSSR count). The molecule has 0 saturated carbocycles. The Labute approximate surface area is 201 Å². The molecule has 0 aliphatic carbocycles. The number of hydrogen-bond acceptors (Lipinski definition) is 14. The molecular weight excluding hydrogens is 489 g/mol. The Morgan fingerprint density at radius 3 is 2.11 bits per heavy atom. The monoisotopic (exact) mass is 519 g/mol. The van der Waals surface area contributed by atoms with Crippen molar-refractivity contribution in [1.82, 2.24) is 19.6 Å². The van der Waals surface area contributed by atoms with Crippen molar-refractivity contribution in [3.63, 3.8) is 0 Å². The topological polar surface area (TPSA) is 185 Å². The number of carbonyl (C=O) groups is 2. The molecule has 2 heterocycles. The van der Waals surface area contributed by atoms with E-state index in [2.05, 4.69) is 15.1 Å². The van der Waals surface area contributed by atoms with Crippen molar-refractivity contribution < 1.29 is 46.9 Å². The van der Waals surface area contributed by atoms with Gasteiger partial charge >= 0.3 is 19.9 Å². The summed E-state index contributed by atoms with van der Waals surface area (Å²) in [6.07, 6.45) is -0.728. The summed E-state index contributed by atoms with van der Waals surface area (Å²) in [5.74, 6) is 0.174. The van der Waals surface area contributed by atoms with Crippen LogP contribution >= 0.6 is 7.60 Å². The van der Waals surface area contributed by atoms with Crippen LogP contribution in [0.5, 0.6) is 0 Å². The van der Waals surface area contributed by atoms with Gasteiger partial charge in [0.1, 0.15) is 12.7 Å². The fourth-order valence-corrected chi connectivity index (χ4v) is 3.57. The van der Waals surface area contributed by atoms with Crippen LogP contribution in [0.2, 0.25) is 0 Å². The first-order valence-corrected chi connectivity index (χ1v) is 12.3. The minimum Gasteiger partial charge on any atom is -0.432 e. The lowest BCUT2D eigenvalue weighted by molar-refractivity contribution is -0.0364. The molecule has 0 saturated heterocycles. The second kappa shape index (κ2) is 13.2. The SMILES string of the molecule is CC(C)OC(=O)OCOP(=O)(COC(C)Cc1cnn2c(N)ncnc12)OCOC(=O)OC(C)C. The van der Waals surface area contributed by atoms with Gasteiger partial charge in [0.2, 0.25) is 19.5 Å². The van der Waals surface area contributed by atoms with Crippen LogP contribution < -0.4 is 5.73 Å². The smallest absolute Gasteiger partial charge is 0.432 e. The van der Waals surface area contributed by atoms with E-state index >= 15 is 0 Å². The van der Waals surface area contributed by atoms with Crippen LogP contribution in [-0.4, -0.2) is 70.1 Å². The minimum absolute atomic E-state index is 0.174. The number of aromatic nitrogens is 4. The molecule has 2 aromatic heterocycles. The molecule has 0 amide bonds. The van der Waals surface area contributed by atoms with Crippen LogP contribution in [0.3, 0.4) is 0 Å². The zero-order chi connectivity index (χ0) is 26.0. The molecule has 35 heavy (non-hydrogen) atoms. The summed E-state index contributed by atoms with van der Waals surface area (Å²) >= 11 is 0. The van der Waals surface area contributed by atoms with Gasteiger partial charge in [-0.25, -0.2) is 19.6 Å². The van der Waals surface area contributed by atoms with E-state index in [4.69, 9.17) is 38.5 Å². The summed E-state index contributed by atoms with van der Waals surface area (Å²) in [4.78, 5) is 31.0. The van der Waals surface area contributed by atoms with Gasteiger partial charge in [0.15, 0.2) is 5.65 Å². The van der Waals surface area contributed by atoms with Gasteiger partial charge in [-0.3, -0.25) is 13.6 Å². The van der Waals surface area contributed by atoms with E-state index < -0.39 is 58.2 Å². The third-order valence-corrected chi connectivity index (χ3v) is 5.41. The molecule has 2 aromatic rings. The van der Waals surface area contributed by atoms with Gasteiger partial charge in [0.05, 0.1) is 24.5 Å². The Bertz CT molecular complexity index is 999. The Morgan fingerprint density at radius 2 is 1.57 bits per heavy atom. The lowest BCUT2D eigenvalue weighted by atomic mass is 10.2. The van der Waals surface area contributed by atoms with Crippen LogP contribution in [0.25, 0.3) is 5.65 Å². The predicted molar refractivity (Wildman–Crippen MR) is 119 cm³/mol. The van der Waals surface area contributed by atoms with E-state index in [1.54, 1.807) is 40.8 Å². The normalized spacial score (nSPS) is 12.7. The number of anilines is 1. The maximum Gasteiger partial charge on any atom is 0.510 e. The molecule has 1 atom stereocenters. The van der Waals surface area contributed by atoms with Crippen LogP contribution in [0.4, 0.5) is 15.5 Å². The molecule has 0 aromatic carbocycles. The summed E-state index contributed by atoms with van der Waals surface area (Å²) in [6.45, 7) is 6.73. The molecule has 16 heteroatoms. The highest BCUT2D eigenvalue weighted by Crippen LogP contribution is 2.48. The van der Waals surface area contributed by atoms with Crippen LogP contribution in [0.15, 0.2) is 12.5 Å². The highest BCUT2D eigenvalue weighted by Gasteiger charge is 2.29. The van der Waals surface area contributed by atoms with Crippen molar-refractivity contribution >= 4 is 31.5 Å². The summed E-state index contributed by atoms with van der Waals surface area (Å²) < 4.78 is 49.4. The van der Waals surface area contributed by atoms with E-state index in [0.29, 0.717) is 17.6 Å². The average molecular weight is 519 g/mol. The van der Waals surface area contributed by atoms with Crippen LogP contribution in [0.1, 0.15) is 40.2 Å². The number of nitrogen functional groups attached to an aromatic ring is 1. The number of nitrogens with zero attached hydrogens (tertiary/aromatic N) is 4. The Morgan fingerprint density at radius 1 is 1.00 bits per heavy atom. The molecule has 0 aliphatic heterocycles. The van der Waals surface area contributed by atoms with Crippen molar-refractivity contribution in [3.05, 3.63) is 18.1 Å². The van der Waals surface area contributed by atoms with Gasteiger partial charge in [-0.2, -0.15) is 9.61 Å². The number of hydrogen-bond donors (Lipinski definition) is 1. The van der Waals surface area contributed by atoms with Gasteiger partial charge in [-0.05, 0) is 34.6 Å². The zero-order valence-corrected chi connectivity index (χ0v) is 21.0. The highest BCUT2D eigenvalue weighted by atomic mass is 31.2. The molecule has 15 nitrogen and oxygen atoms in total. The Balaban J connectivity index is 1.95. The largest absolute Gasteiger partial charge is 0.510 e.